The number of aryl methyl sites for hydroxylation is 2. The van der Waals surface area contributed by atoms with Crippen LogP contribution in [0.25, 0.3) is 10.9 Å². The highest BCUT2D eigenvalue weighted by Crippen LogP contribution is 2.27. The van der Waals surface area contributed by atoms with Crippen molar-refractivity contribution in [2.75, 3.05) is 25.1 Å². The minimum Gasteiger partial charge on any atom is -0.358 e. The second-order valence-electron chi connectivity index (χ2n) is 8.42. The monoisotopic (exact) mass is 428 g/mol. The molecule has 1 saturated heterocycles. The van der Waals surface area contributed by atoms with Gasteiger partial charge in [-0.15, -0.1) is 0 Å². The largest absolute Gasteiger partial charge is 0.358 e. The molecule has 7 nitrogen and oxygen atoms in total. The molecule has 0 radical (unpaired) electrons. The Labute approximate surface area is 177 Å². The van der Waals surface area contributed by atoms with Gasteiger partial charge < -0.3 is 4.98 Å². The molecule has 1 N–H and O–H groups in total. The highest BCUT2D eigenvalue weighted by Gasteiger charge is 2.31. The molecular formula is C22H28N4O3S. The Kier molecular flexibility index (Phi) is 5.32. The zero-order chi connectivity index (χ0) is 21.6. The van der Waals surface area contributed by atoms with E-state index < -0.39 is 9.84 Å². The van der Waals surface area contributed by atoms with E-state index in [-0.39, 0.29) is 23.3 Å². The molecule has 2 aromatic heterocycles. The molecule has 1 aliphatic rings. The zero-order valence-electron chi connectivity index (χ0n) is 17.9. The molecule has 8 heteroatoms. The summed E-state index contributed by atoms with van der Waals surface area (Å²) in [6.45, 7) is 6.75. The van der Waals surface area contributed by atoms with E-state index in [1.54, 1.807) is 0 Å². The zero-order valence-corrected chi connectivity index (χ0v) is 18.7. The van der Waals surface area contributed by atoms with Gasteiger partial charge in [-0.3, -0.25) is 14.4 Å². The third-order valence-electron chi connectivity index (χ3n) is 6.04. The number of aromatic amines is 1. The number of sulfone groups is 1. The van der Waals surface area contributed by atoms with E-state index >= 15 is 0 Å². The minimum atomic E-state index is -2.97. The van der Waals surface area contributed by atoms with Gasteiger partial charge in [0.05, 0.1) is 29.8 Å². The summed E-state index contributed by atoms with van der Waals surface area (Å²) in [5.74, 6) is 0.462. The summed E-state index contributed by atoms with van der Waals surface area (Å²) in [6.07, 6.45) is 0.609. The number of para-hydroxylation sites is 1. The Bertz CT molecular complexity index is 1220. The standard InChI is InChI=1S/C22H28N4O3S/c1-14-19(16(3)26(24-14)17-9-10-30(28,29)13-17)11-25(4)12-21(27)22-15(2)23-20-8-6-5-7-18(20)22/h5-8,17,23H,9-13H2,1-4H3/t17-/m1/s1. The van der Waals surface area contributed by atoms with Gasteiger partial charge in [-0.1, -0.05) is 18.2 Å². The van der Waals surface area contributed by atoms with Crippen molar-refractivity contribution in [1.29, 1.82) is 0 Å². The molecule has 3 heterocycles. The molecule has 1 aromatic carbocycles. The number of nitrogens with one attached hydrogen (secondary N) is 1. The third kappa shape index (κ3) is 3.81. The summed E-state index contributed by atoms with van der Waals surface area (Å²) in [4.78, 5) is 18.3. The van der Waals surface area contributed by atoms with Crippen molar-refractivity contribution in [2.24, 2.45) is 0 Å². The maximum Gasteiger partial charge on any atom is 0.179 e. The van der Waals surface area contributed by atoms with Crippen molar-refractivity contribution < 1.29 is 13.2 Å². The second kappa shape index (κ2) is 7.67. The fourth-order valence-corrected chi connectivity index (χ4v) is 6.23. The Morgan fingerprint density at radius 3 is 2.70 bits per heavy atom. The molecular weight excluding hydrogens is 400 g/mol. The summed E-state index contributed by atoms with van der Waals surface area (Å²) in [5.41, 5.74) is 5.54. The van der Waals surface area contributed by atoms with Gasteiger partial charge in [-0.05, 0) is 40.3 Å². The third-order valence-corrected chi connectivity index (χ3v) is 7.79. The lowest BCUT2D eigenvalue weighted by Gasteiger charge is -2.17. The normalized spacial score (nSPS) is 18.5. The first kappa shape index (κ1) is 20.8. The topological polar surface area (TPSA) is 88.1 Å². The molecule has 0 unspecified atom stereocenters. The van der Waals surface area contributed by atoms with E-state index in [9.17, 15) is 13.2 Å². The number of likely N-dealkylation sites (N-methyl/N-ethyl adjacent to an activating group) is 1. The second-order valence-corrected chi connectivity index (χ2v) is 10.6. The van der Waals surface area contributed by atoms with Gasteiger partial charge in [0.2, 0.25) is 0 Å². The van der Waals surface area contributed by atoms with E-state index in [1.165, 1.54) is 0 Å². The fourth-order valence-electron chi connectivity index (χ4n) is 4.54. The number of benzene rings is 1. The number of carbonyl (C=O) groups is 1. The summed E-state index contributed by atoms with van der Waals surface area (Å²) >= 11 is 0. The van der Waals surface area contributed by atoms with Crippen LogP contribution in [0.2, 0.25) is 0 Å². The molecule has 0 bridgehead atoms. The number of nitrogens with zero attached hydrogens (tertiary/aromatic N) is 3. The number of aromatic nitrogens is 3. The van der Waals surface area contributed by atoms with Crippen LogP contribution in [0, 0.1) is 20.8 Å². The molecule has 30 heavy (non-hydrogen) atoms. The van der Waals surface area contributed by atoms with Crippen molar-refractivity contribution >= 4 is 26.5 Å². The quantitative estimate of drug-likeness (QED) is 0.610. The van der Waals surface area contributed by atoms with E-state index in [1.807, 2.05) is 61.7 Å². The van der Waals surface area contributed by atoms with Gasteiger partial charge >= 0.3 is 0 Å². The summed E-state index contributed by atoms with van der Waals surface area (Å²) in [5, 5.41) is 5.59. The van der Waals surface area contributed by atoms with Crippen LogP contribution in [0.1, 0.15) is 45.5 Å². The number of carbonyl (C=O) groups excluding carboxylic acids is 1. The Morgan fingerprint density at radius 1 is 1.27 bits per heavy atom. The average Bonchev–Trinajstić information content (AvgIpc) is 3.29. The molecule has 0 spiro atoms. The van der Waals surface area contributed by atoms with Crippen LogP contribution >= 0.6 is 0 Å². The number of H-pyrrole nitrogens is 1. The fraction of sp³-hybridized carbons (Fsp3) is 0.455. The number of hydrogen-bond acceptors (Lipinski definition) is 5. The van der Waals surface area contributed by atoms with Crippen LogP contribution in [0.4, 0.5) is 0 Å². The number of rotatable bonds is 6. The van der Waals surface area contributed by atoms with Crippen LogP contribution in [0.3, 0.4) is 0 Å². The molecule has 0 saturated carbocycles. The lowest BCUT2D eigenvalue weighted by molar-refractivity contribution is 0.0944. The van der Waals surface area contributed by atoms with Gasteiger partial charge in [0, 0.05) is 40.0 Å². The van der Waals surface area contributed by atoms with Crippen LogP contribution in [-0.2, 0) is 16.4 Å². The molecule has 160 valence electrons. The van der Waals surface area contributed by atoms with Gasteiger partial charge in [0.1, 0.15) is 0 Å². The molecule has 4 rings (SSSR count). The number of hydrogen-bond donors (Lipinski definition) is 1. The smallest absolute Gasteiger partial charge is 0.179 e. The Morgan fingerprint density at radius 2 is 2.00 bits per heavy atom. The first-order chi connectivity index (χ1) is 14.2. The highest BCUT2D eigenvalue weighted by molar-refractivity contribution is 7.91. The van der Waals surface area contributed by atoms with Gasteiger partial charge in [0.15, 0.2) is 15.6 Å². The van der Waals surface area contributed by atoms with Gasteiger partial charge in [0.25, 0.3) is 0 Å². The summed E-state index contributed by atoms with van der Waals surface area (Å²) < 4.78 is 25.6. The number of fused-ring (bicyclic) bond motifs is 1. The average molecular weight is 429 g/mol. The van der Waals surface area contributed by atoms with E-state index in [0.717, 1.165) is 39.1 Å². The van der Waals surface area contributed by atoms with Crippen LogP contribution in [-0.4, -0.2) is 59.0 Å². The number of Topliss-reactive ketones (excluding diaryl/α,β-unsaturated/α-hetero) is 1. The van der Waals surface area contributed by atoms with Crippen molar-refractivity contribution in [3.05, 3.63) is 52.5 Å². The van der Waals surface area contributed by atoms with Crippen molar-refractivity contribution in [1.82, 2.24) is 19.7 Å². The molecule has 0 aliphatic carbocycles. The van der Waals surface area contributed by atoms with Gasteiger partial charge in [-0.25, -0.2) is 8.42 Å². The first-order valence-corrected chi connectivity index (χ1v) is 12.0. The highest BCUT2D eigenvalue weighted by atomic mass is 32.2. The van der Waals surface area contributed by atoms with Gasteiger partial charge in [-0.2, -0.15) is 5.10 Å². The maximum absolute atomic E-state index is 13.0. The van der Waals surface area contributed by atoms with Crippen LogP contribution < -0.4 is 0 Å². The van der Waals surface area contributed by atoms with E-state index in [2.05, 4.69) is 10.1 Å². The molecule has 1 fully saturated rings. The van der Waals surface area contributed by atoms with Crippen LogP contribution in [0.5, 0.6) is 0 Å². The lowest BCUT2D eigenvalue weighted by Crippen LogP contribution is -2.26. The summed E-state index contributed by atoms with van der Waals surface area (Å²) in [6, 6.07) is 7.76. The van der Waals surface area contributed by atoms with Crippen molar-refractivity contribution in [3.8, 4) is 0 Å². The van der Waals surface area contributed by atoms with Crippen LogP contribution in [0.15, 0.2) is 24.3 Å². The maximum atomic E-state index is 13.0. The van der Waals surface area contributed by atoms with Crippen molar-refractivity contribution in [2.45, 2.75) is 39.8 Å². The number of ketones is 1. The van der Waals surface area contributed by atoms with E-state index in [0.29, 0.717) is 19.5 Å². The molecule has 3 aromatic rings. The minimum absolute atomic E-state index is 0.0806. The SMILES string of the molecule is Cc1nn([C@@H]2CCS(=O)(=O)C2)c(C)c1CN(C)CC(=O)c1c(C)[nH]c2ccccc12. The predicted molar refractivity (Wildman–Crippen MR) is 118 cm³/mol. The summed E-state index contributed by atoms with van der Waals surface area (Å²) in [7, 11) is -1.04. The molecule has 1 atom stereocenters. The predicted octanol–water partition coefficient (Wildman–Crippen LogP) is 2.96. The Balaban J connectivity index is 1.51. The van der Waals surface area contributed by atoms with Crippen molar-refractivity contribution in [3.63, 3.8) is 0 Å². The Hall–Kier alpha value is -2.45. The first-order valence-electron chi connectivity index (χ1n) is 10.2. The lowest BCUT2D eigenvalue weighted by atomic mass is 10.1. The molecule has 0 amide bonds. The molecule has 1 aliphatic heterocycles. The van der Waals surface area contributed by atoms with E-state index in [4.69, 9.17) is 0 Å².